The fourth-order valence-corrected chi connectivity index (χ4v) is 3.82. The van der Waals surface area contributed by atoms with E-state index >= 15 is 0 Å². The molecule has 0 spiro atoms. The zero-order valence-electron chi connectivity index (χ0n) is 11.8. The number of halogens is 4. The van der Waals surface area contributed by atoms with Crippen LogP contribution in [-0.4, -0.2) is 9.90 Å². The van der Waals surface area contributed by atoms with Crippen LogP contribution < -0.4 is 5.56 Å². The van der Waals surface area contributed by atoms with Crippen LogP contribution in [0, 0.1) is 5.41 Å². The molecule has 1 aromatic rings. The van der Waals surface area contributed by atoms with Crippen LogP contribution in [0.2, 0.25) is 0 Å². The second-order valence-corrected chi connectivity index (χ2v) is 6.44. The summed E-state index contributed by atoms with van der Waals surface area (Å²) in [5.74, 6) is 0. The molecule has 0 N–H and O–H groups in total. The van der Waals surface area contributed by atoms with Crippen LogP contribution in [0.25, 0.3) is 0 Å². The Morgan fingerprint density at radius 3 is 2.29 bits per heavy atom. The third kappa shape index (κ3) is 3.90. The van der Waals surface area contributed by atoms with E-state index in [4.69, 9.17) is 0 Å². The van der Waals surface area contributed by atoms with Gasteiger partial charge in [-0.2, -0.15) is 13.2 Å². The maximum absolute atomic E-state index is 13.1. The monoisotopic (exact) mass is 365 g/mol. The standard InChI is InChI=1S/C15H19BrF3NO/c16-10-14(8-3-1-2-4-9-14)11-20-12(15(17,18)19)6-5-7-13(20)21/h5-7H,1-4,8-11H2. The van der Waals surface area contributed by atoms with Gasteiger partial charge in [-0.15, -0.1) is 0 Å². The van der Waals surface area contributed by atoms with Crippen molar-refractivity contribution in [3.63, 3.8) is 0 Å². The Bertz CT molecular complexity index is 530. The maximum atomic E-state index is 13.1. The van der Waals surface area contributed by atoms with Crippen LogP contribution >= 0.6 is 15.9 Å². The van der Waals surface area contributed by atoms with Crippen molar-refractivity contribution in [1.82, 2.24) is 4.57 Å². The normalized spacial score (nSPS) is 19.2. The van der Waals surface area contributed by atoms with Crippen molar-refractivity contribution in [3.05, 3.63) is 34.2 Å². The molecule has 6 heteroatoms. The highest BCUT2D eigenvalue weighted by molar-refractivity contribution is 9.09. The highest BCUT2D eigenvalue weighted by Gasteiger charge is 2.37. The molecule has 21 heavy (non-hydrogen) atoms. The summed E-state index contributed by atoms with van der Waals surface area (Å²) >= 11 is 3.46. The molecule has 1 aliphatic rings. The molecule has 0 aliphatic heterocycles. The highest BCUT2D eigenvalue weighted by atomic mass is 79.9. The second-order valence-electron chi connectivity index (χ2n) is 5.88. The molecule has 1 saturated carbocycles. The van der Waals surface area contributed by atoms with Gasteiger partial charge in [-0.05, 0) is 24.3 Å². The summed E-state index contributed by atoms with van der Waals surface area (Å²) in [5, 5.41) is 0.624. The number of hydrogen-bond acceptors (Lipinski definition) is 1. The van der Waals surface area contributed by atoms with Crippen molar-refractivity contribution in [2.24, 2.45) is 5.41 Å². The molecule has 0 aromatic carbocycles. The summed E-state index contributed by atoms with van der Waals surface area (Å²) < 4.78 is 40.3. The summed E-state index contributed by atoms with van der Waals surface area (Å²) in [4.78, 5) is 12.0. The third-order valence-corrected chi connectivity index (χ3v) is 5.47. The van der Waals surface area contributed by atoms with Crippen LogP contribution in [0.1, 0.15) is 44.2 Å². The molecule has 2 rings (SSSR count). The molecule has 1 heterocycles. The van der Waals surface area contributed by atoms with E-state index in [0.29, 0.717) is 5.33 Å². The first-order chi connectivity index (χ1) is 9.88. The zero-order valence-corrected chi connectivity index (χ0v) is 13.3. The molecule has 2 nitrogen and oxygen atoms in total. The fourth-order valence-electron chi connectivity index (χ4n) is 3.08. The molecule has 1 aliphatic carbocycles. The molecule has 0 bridgehead atoms. The lowest BCUT2D eigenvalue weighted by molar-refractivity contribution is -0.144. The molecule has 1 aromatic heterocycles. The summed E-state index contributed by atoms with van der Waals surface area (Å²) in [5.41, 5.74) is -1.68. The summed E-state index contributed by atoms with van der Waals surface area (Å²) in [7, 11) is 0. The predicted octanol–water partition coefficient (Wildman–Crippen LogP) is 4.60. The topological polar surface area (TPSA) is 22.0 Å². The first-order valence-electron chi connectivity index (χ1n) is 7.21. The molecular formula is C15H19BrF3NO. The largest absolute Gasteiger partial charge is 0.431 e. The number of rotatable bonds is 3. The maximum Gasteiger partial charge on any atom is 0.431 e. The minimum absolute atomic E-state index is 0.132. The van der Waals surface area contributed by atoms with Gasteiger partial charge in [-0.3, -0.25) is 4.79 Å². The average molecular weight is 366 g/mol. The lowest BCUT2D eigenvalue weighted by Crippen LogP contribution is -2.36. The predicted molar refractivity (Wildman–Crippen MR) is 79.6 cm³/mol. The van der Waals surface area contributed by atoms with Gasteiger partial charge < -0.3 is 4.57 Å². The molecule has 118 valence electrons. The summed E-state index contributed by atoms with van der Waals surface area (Å²) in [6, 6.07) is 3.36. The van der Waals surface area contributed by atoms with E-state index in [1.165, 1.54) is 12.1 Å². The molecule has 0 atom stereocenters. The number of nitrogens with zero attached hydrogens (tertiary/aromatic N) is 1. The Balaban J connectivity index is 2.39. The average Bonchev–Trinajstić information content (AvgIpc) is 2.66. The zero-order chi connectivity index (χ0) is 15.5. The molecule has 0 unspecified atom stereocenters. The van der Waals surface area contributed by atoms with Crippen molar-refractivity contribution in [2.75, 3.05) is 5.33 Å². The van der Waals surface area contributed by atoms with E-state index < -0.39 is 17.4 Å². The lowest BCUT2D eigenvalue weighted by Gasteiger charge is -2.32. The fraction of sp³-hybridized carbons (Fsp3) is 0.667. The third-order valence-electron chi connectivity index (χ3n) is 4.28. The number of pyridine rings is 1. The number of hydrogen-bond donors (Lipinski definition) is 0. The molecule has 0 amide bonds. The van der Waals surface area contributed by atoms with Gasteiger partial charge in [0.25, 0.3) is 5.56 Å². The van der Waals surface area contributed by atoms with Gasteiger partial charge in [-0.25, -0.2) is 0 Å². The van der Waals surface area contributed by atoms with E-state index in [2.05, 4.69) is 15.9 Å². The van der Waals surface area contributed by atoms with Gasteiger partial charge >= 0.3 is 6.18 Å². The number of alkyl halides is 4. The van der Waals surface area contributed by atoms with Gasteiger partial charge in [0.05, 0.1) is 0 Å². The SMILES string of the molecule is O=c1cccc(C(F)(F)F)n1CC1(CBr)CCCCCC1. The highest BCUT2D eigenvalue weighted by Crippen LogP contribution is 2.39. The van der Waals surface area contributed by atoms with E-state index in [9.17, 15) is 18.0 Å². The Kier molecular flexibility index (Phi) is 5.17. The van der Waals surface area contributed by atoms with E-state index in [-0.39, 0.29) is 12.0 Å². The van der Waals surface area contributed by atoms with Crippen LogP contribution in [-0.2, 0) is 12.7 Å². The quantitative estimate of drug-likeness (QED) is 0.566. The van der Waals surface area contributed by atoms with Crippen LogP contribution in [0.15, 0.2) is 23.0 Å². The lowest BCUT2D eigenvalue weighted by atomic mass is 9.82. The molecule has 1 fully saturated rings. The first-order valence-corrected chi connectivity index (χ1v) is 8.33. The molecular weight excluding hydrogens is 347 g/mol. The van der Waals surface area contributed by atoms with Crippen molar-refractivity contribution >= 4 is 15.9 Å². The first kappa shape index (κ1) is 16.6. The van der Waals surface area contributed by atoms with Gasteiger partial charge in [0.2, 0.25) is 0 Å². The summed E-state index contributed by atoms with van der Waals surface area (Å²) in [6.07, 6.45) is 1.46. The van der Waals surface area contributed by atoms with E-state index in [1.807, 2.05) is 0 Å². The smallest absolute Gasteiger partial charge is 0.304 e. The van der Waals surface area contributed by atoms with Gasteiger partial charge in [0.1, 0.15) is 5.69 Å². The Morgan fingerprint density at radius 1 is 1.14 bits per heavy atom. The Morgan fingerprint density at radius 2 is 1.76 bits per heavy atom. The Hall–Kier alpha value is -0.780. The van der Waals surface area contributed by atoms with Crippen molar-refractivity contribution in [1.29, 1.82) is 0 Å². The summed E-state index contributed by atoms with van der Waals surface area (Å²) in [6.45, 7) is 0.132. The van der Waals surface area contributed by atoms with Gasteiger partial charge in [0.15, 0.2) is 0 Å². The minimum Gasteiger partial charge on any atom is -0.304 e. The second kappa shape index (κ2) is 6.55. The molecule has 0 radical (unpaired) electrons. The van der Waals surface area contributed by atoms with E-state index in [0.717, 1.165) is 49.2 Å². The van der Waals surface area contributed by atoms with Gasteiger partial charge in [-0.1, -0.05) is 47.7 Å². The van der Waals surface area contributed by atoms with E-state index in [1.54, 1.807) is 0 Å². The number of aromatic nitrogens is 1. The molecule has 0 saturated heterocycles. The van der Waals surface area contributed by atoms with Gasteiger partial charge in [0, 0.05) is 17.9 Å². The van der Waals surface area contributed by atoms with Crippen LogP contribution in [0.3, 0.4) is 0 Å². The van der Waals surface area contributed by atoms with Crippen LogP contribution in [0.4, 0.5) is 13.2 Å². The van der Waals surface area contributed by atoms with Crippen molar-refractivity contribution < 1.29 is 13.2 Å². The van der Waals surface area contributed by atoms with Crippen molar-refractivity contribution in [3.8, 4) is 0 Å². The Labute approximate surface area is 130 Å². The van der Waals surface area contributed by atoms with Crippen LogP contribution in [0.5, 0.6) is 0 Å². The van der Waals surface area contributed by atoms with Crippen molar-refractivity contribution in [2.45, 2.75) is 51.2 Å². The minimum atomic E-state index is -4.50.